The summed E-state index contributed by atoms with van der Waals surface area (Å²) in [6.45, 7) is 1.92. The Kier molecular flexibility index (Phi) is 10.9. The highest BCUT2D eigenvalue weighted by Crippen LogP contribution is 2.29. The van der Waals surface area contributed by atoms with Gasteiger partial charge < -0.3 is 24.3 Å². The number of para-hydroxylation sites is 1. The molecule has 0 fully saturated rings. The average Bonchev–Trinajstić information content (AvgIpc) is 2.95. The molecule has 0 saturated carbocycles. The van der Waals surface area contributed by atoms with Gasteiger partial charge in [0.1, 0.15) is 25.0 Å². The lowest BCUT2D eigenvalue weighted by molar-refractivity contribution is -0.147. The van der Waals surface area contributed by atoms with Gasteiger partial charge in [0, 0.05) is 18.1 Å². The van der Waals surface area contributed by atoms with Crippen LogP contribution in [0, 0.1) is 0 Å². The van der Waals surface area contributed by atoms with E-state index >= 15 is 0 Å². The second kappa shape index (κ2) is 14.8. The molecule has 3 aromatic carbocycles. The van der Waals surface area contributed by atoms with Crippen LogP contribution in [0.15, 0.2) is 91.0 Å². The van der Waals surface area contributed by atoms with Gasteiger partial charge in [-0.3, -0.25) is 0 Å². The number of ether oxygens (including phenoxy) is 4. The van der Waals surface area contributed by atoms with Gasteiger partial charge in [-0.15, -0.1) is 0 Å². The molecule has 1 N–H and O–H groups in total. The average molecular weight is 518 g/mol. The van der Waals surface area contributed by atoms with Crippen LogP contribution in [0.3, 0.4) is 0 Å². The second-order valence-electron chi connectivity index (χ2n) is 8.18. The number of benzene rings is 3. The number of carbonyl (C=O) groups is 3. The Morgan fingerprint density at radius 2 is 1.37 bits per heavy atom. The lowest BCUT2D eigenvalue weighted by Crippen LogP contribution is -2.42. The lowest BCUT2D eigenvalue weighted by Gasteiger charge is -2.20. The maximum Gasteiger partial charge on any atom is 0.408 e. The molecule has 8 heteroatoms. The summed E-state index contributed by atoms with van der Waals surface area (Å²) in [4.78, 5) is 38.3. The zero-order chi connectivity index (χ0) is 27.2. The van der Waals surface area contributed by atoms with Gasteiger partial charge in [-0.05, 0) is 29.7 Å². The van der Waals surface area contributed by atoms with Crippen LogP contribution in [0.1, 0.15) is 30.0 Å². The number of methoxy groups -OCH3 is 1. The maximum absolute atomic E-state index is 13.2. The Morgan fingerprint density at radius 3 is 1.97 bits per heavy atom. The fraction of sp³-hybridized carbons (Fsp3) is 0.233. The molecule has 0 aliphatic rings. The summed E-state index contributed by atoms with van der Waals surface area (Å²) >= 11 is 0. The van der Waals surface area contributed by atoms with Crippen molar-refractivity contribution in [3.05, 3.63) is 108 Å². The van der Waals surface area contributed by atoms with Gasteiger partial charge in [-0.2, -0.15) is 0 Å². The van der Waals surface area contributed by atoms with Crippen molar-refractivity contribution in [3.8, 4) is 5.75 Å². The molecular weight excluding hydrogens is 486 g/mol. The van der Waals surface area contributed by atoms with Crippen LogP contribution in [0.2, 0.25) is 0 Å². The van der Waals surface area contributed by atoms with Gasteiger partial charge in [-0.25, -0.2) is 14.4 Å². The van der Waals surface area contributed by atoms with E-state index in [0.717, 1.165) is 11.1 Å². The minimum atomic E-state index is -1.16. The molecule has 198 valence electrons. The molecule has 1 amide bonds. The third-order valence-electron chi connectivity index (χ3n) is 5.47. The molecule has 0 unspecified atom stereocenters. The number of esters is 2. The molecule has 0 saturated heterocycles. The smallest absolute Gasteiger partial charge is 0.408 e. The lowest BCUT2D eigenvalue weighted by atomic mass is 9.97. The van der Waals surface area contributed by atoms with E-state index in [9.17, 15) is 14.4 Å². The van der Waals surface area contributed by atoms with Crippen molar-refractivity contribution >= 4 is 23.6 Å². The summed E-state index contributed by atoms with van der Waals surface area (Å²) in [6, 6.07) is 24.2. The predicted molar refractivity (Wildman–Crippen MR) is 142 cm³/mol. The Labute approximate surface area is 222 Å². The van der Waals surface area contributed by atoms with Gasteiger partial charge >= 0.3 is 18.0 Å². The van der Waals surface area contributed by atoms with Crippen LogP contribution < -0.4 is 10.1 Å². The maximum atomic E-state index is 13.2. The fourth-order valence-electron chi connectivity index (χ4n) is 3.63. The number of carbonyl (C=O) groups excluding carboxylic acids is 3. The van der Waals surface area contributed by atoms with Crippen molar-refractivity contribution in [2.45, 2.75) is 32.6 Å². The van der Waals surface area contributed by atoms with Crippen LogP contribution in [-0.4, -0.2) is 37.8 Å². The van der Waals surface area contributed by atoms with Crippen molar-refractivity contribution in [1.29, 1.82) is 0 Å². The zero-order valence-electron chi connectivity index (χ0n) is 21.4. The second-order valence-corrected chi connectivity index (χ2v) is 8.18. The SMILES string of the molecule is CCOC(=O)/C=C(\C[C@H](NC(=O)OCc1ccccc1)C(=O)OCc1ccccc1)c1ccccc1OC. The van der Waals surface area contributed by atoms with Gasteiger partial charge in [-0.1, -0.05) is 78.9 Å². The number of nitrogens with one attached hydrogen (secondary N) is 1. The first-order valence-corrected chi connectivity index (χ1v) is 12.2. The van der Waals surface area contributed by atoms with Gasteiger partial charge in [0.05, 0.1) is 13.7 Å². The van der Waals surface area contributed by atoms with Crippen molar-refractivity contribution in [3.63, 3.8) is 0 Å². The van der Waals surface area contributed by atoms with Crippen molar-refractivity contribution in [2.75, 3.05) is 13.7 Å². The highest BCUT2D eigenvalue weighted by Gasteiger charge is 2.26. The molecule has 0 aromatic heterocycles. The molecule has 38 heavy (non-hydrogen) atoms. The molecular formula is C30H31NO7. The van der Waals surface area contributed by atoms with Crippen LogP contribution in [-0.2, 0) is 37.0 Å². The number of hydrogen-bond donors (Lipinski definition) is 1. The molecule has 0 heterocycles. The number of amides is 1. The van der Waals surface area contributed by atoms with Gasteiger partial charge in [0.2, 0.25) is 0 Å². The summed E-state index contributed by atoms with van der Waals surface area (Å²) < 4.78 is 21.4. The standard InChI is InChI=1S/C30H31NO7/c1-3-36-28(32)19-24(25-16-10-11-17-27(25)35-2)18-26(29(33)37-20-22-12-6-4-7-13-22)31-30(34)38-21-23-14-8-5-9-15-23/h4-17,19,26H,3,18,20-21H2,1-2H3,(H,31,34)/b24-19+/t26-/m0/s1. The zero-order valence-corrected chi connectivity index (χ0v) is 21.4. The summed E-state index contributed by atoms with van der Waals surface area (Å²) in [5, 5.41) is 2.60. The van der Waals surface area contributed by atoms with Crippen molar-refractivity contribution in [2.24, 2.45) is 0 Å². The first-order valence-electron chi connectivity index (χ1n) is 12.2. The van der Waals surface area contributed by atoms with E-state index < -0.39 is 24.1 Å². The Morgan fingerprint density at radius 1 is 0.789 bits per heavy atom. The first kappa shape index (κ1) is 28.0. The molecule has 0 bridgehead atoms. The quantitative estimate of drug-likeness (QED) is 0.203. The number of rotatable bonds is 12. The molecule has 0 spiro atoms. The summed E-state index contributed by atoms with van der Waals surface area (Å²) in [5.41, 5.74) is 2.58. The van der Waals surface area contributed by atoms with E-state index in [0.29, 0.717) is 16.9 Å². The third-order valence-corrected chi connectivity index (χ3v) is 5.47. The Bertz CT molecular complexity index is 1230. The van der Waals surface area contributed by atoms with E-state index in [1.54, 1.807) is 31.2 Å². The van der Waals surface area contributed by atoms with E-state index in [1.165, 1.54) is 13.2 Å². The molecule has 0 aliphatic heterocycles. The minimum absolute atomic E-state index is 0.0164. The van der Waals surface area contributed by atoms with Gasteiger partial charge in [0.25, 0.3) is 0 Å². The summed E-state index contributed by atoms with van der Waals surface area (Å²) in [7, 11) is 1.51. The normalized spacial score (nSPS) is 11.7. The van der Waals surface area contributed by atoms with Crippen LogP contribution in [0.25, 0.3) is 5.57 Å². The predicted octanol–water partition coefficient (Wildman–Crippen LogP) is 5.07. The molecule has 1 atom stereocenters. The Hall–Kier alpha value is -4.59. The molecule has 3 rings (SSSR count). The summed E-state index contributed by atoms with van der Waals surface area (Å²) in [5.74, 6) is -0.780. The van der Waals surface area contributed by atoms with E-state index in [2.05, 4.69) is 5.32 Å². The highest BCUT2D eigenvalue weighted by molar-refractivity contribution is 5.94. The Balaban J connectivity index is 1.84. The largest absolute Gasteiger partial charge is 0.496 e. The third kappa shape index (κ3) is 8.81. The summed E-state index contributed by atoms with van der Waals surface area (Å²) in [6.07, 6.45) is 0.411. The molecule has 0 aliphatic carbocycles. The highest BCUT2D eigenvalue weighted by atomic mass is 16.6. The van der Waals surface area contributed by atoms with E-state index in [-0.39, 0.29) is 26.2 Å². The fourth-order valence-corrected chi connectivity index (χ4v) is 3.63. The molecule has 8 nitrogen and oxygen atoms in total. The number of alkyl carbamates (subject to hydrolysis) is 1. The minimum Gasteiger partial charge on any atom is -0.496 e. The van der Waals surface area contributed by atoms with Gasteiger partial charge in [0.15, 0.2) is 0 Å². The molecule has 3 aromatic rings. The van der Waals surface area contributed by atoms with Crippen molar-refractivity contribution in [1.82, 2.24) is 5.32 Å². The topological polar surface area (TPSA) is 100 Å². The van der Waals surface area contributed by atoms with E-state index in [4.69, 9.17) is 18.9 Å². The van der Waals surface area contributed by atoms with Crippen LogP contribution >= 0.6 is 0 Å². The molecule has 0 radical (unpaired) electrons. The monoisotopic (exact) mass is 517 g/mol. The number of hydrogen-bond acceptors (Lipinski definition) is 7. The van der Waals surface area contributed by atoms with Crippen molar-refractivity contribution < 1.29 is 33.3 Å². The van der Waals surface area contributed by atoms with E-state index in [1.807, 2.05) is 60.7 Å². The first-order chi connectivity index (χ1) is 18.5. The van der Waals surface area contributed by atoms with Crippen LogP contribution in [0.5, 0.6) is 5.75 Å². The van der Waals surface area contributed by atoms with Crippen LogP contribution in [0.4, 0.5) is 4.79 Å².